The van der Waals surface area contributed by atoms with Crippen LogP contribution in [0.25, 0.3) is 0 Å². The molecule has 0 bridgehead atoms. The maximum absolute atomic E-state index is 13.5. The molecule has 0 N–H and O–H groups in total. The van der Waals surface area contributed by atoms with Crippen LogP contribution in [-0.2, 0) is 4.79 Å². The maximum atomic E-state index is 13.5. The third-order valence-corrected chi connectivity index (χ3v) is 4.31. The largest absolute Gasteiger partial charge is 0.334 e. The summed E-state index contributed by atoms with van der Waals surface area (Å²) in [6.45, 7) is 4.67. The fourth-order valence-corrected chi connectivity index (χ4v) is 3.18. The Kier molecular flexibility index (Phi) is 3.96. The summed E-state index contributed by atoms with van der Waals surface area (Å²) in [7, 11) is 0. The number of likely N-dealkylation sites (tertiary alicyclic amines) is 1. The minimum Gasteiger partial charge on any atom is -0.334 e. The molecule has 0 spiro atoms. The molecule has 22 heavy (non-hydrogen) atoms. The number of nitrogens with zero attached hydrogens (tertiary/aromatic N) is 3. The van der Waals surface area contributed by atoms with Crippen molar-refractivity contribution in [1.29, 1.82) is 0 Å². The summed E-state index contributed by atoms with van der Waals surface area (Å²) in [4.78, 5) is 14.7. The average Bonchev–Trinajstić information content (AvgIpc) is 3.15. The highest BCUT2D eigenvalue weighted by molar-refractivity contribution is 5.80. The van der Waals surface area contributed by atoms with Crippen molar-refractivity contribution < 1.29 is 9.18 Å². The highest BCUT2D eigenvalue weighted by Gasteiger charge is 2.36. The Morgan fingerprint density at radius 2 is 2.23 bits per heavy atom. The average molecular weight is 301 g/mol. The lowest BCUT2D eigenvalue weighted by atomic mass is 10.0. The molecule has 116 valence electrons. The standard InChI is InChI=1S/C17H20FN3O/c1-12-9-16(14-5-3-6-15(18)10-14)20(11-12)17(22)13(2)21-8-4-7-19-21/h3-8,10,12-13,16H,9,11H2,1-2H3/t12-,13-,16+/m1/s1. The second-order valence-electron chi connectivity index (χ2n) is 6.06. The van der Waals surface area contributed by atoms with E-state index in [1.807, 2.05) is 17.9 Å². The number of halogens is 1. The van der Waals surface area contributed by atoms with Crippen molar-refractivity contribution in [1.82, 2.24) is 14.7 Å². The zero-order valence-corrected chi connectivity index (χ0v) is 12.8. The van der Waals surface area contributed by atoms with Crippen molar-refractivity contribution in [2.24, 2.45) is 5.92 Å². The summed E-state index contributed by atoms with van der Waals surface area (Å²) in [5.41, 5.74) is 0.866. The molecule has 0 saturated carbocycles. The Morgan fingerprint density at radius 1 is 1.41 bits per heavy atom. The lowest BCUT2D eigenvalue weighted by Gasteiger charge is -2.28. The van der Waals surface area contributed by atoms with Gasteiger partial charge in [-0.15, -0.1) is 0 Å². The van der Waals surface area contributed by atoms with Gasteiger partial charge in [-0.25, -0.2) is 4.39 Å². The van der Waals surface area contributed by atoms with Crippen LogP contribution in [0.5, 0.6) is 0 Å². The zero-order valence-electron chi connectivity index (χ0n) is 12.8. The predicted molar refractivity (Wildman–Crippen MR) is 81.6 cm³/mol. The molecule has 3 rings (SSSR count). The van der Waals surface area contributed by atoms with Gasteiger partial charge in [0.25, 0.3) is 0 Å². The zero-order chi connectivity index (χ0) is 15.7. The van der Waals surface area contributed by atoms with Crippen LogP contribution in [-0.4, -0.2) is 27.1 Å². The van der Waals surface area contributed by atoms with Crippen molar-refractivity contribution in [3.63, 3.8) is 0 Å². The van der Waals surface area contributed by atoms with Crippen molar-refractivity contribution in [2.75, 3.05) is 6.54 Å². The van der Waals surface area contributed by atoms with Gasteiger partial charge in [0.05, 0.1) is 6.04 Å². The topological polar surface area (TPSA) is 38.1 Å². The van der Waals surface area contributed by atoms with Crippen LogP contribution in [0.4, 0.5) is 4.39 Å². The number of hydrogen-bond donors (Lipinski definition) is 0. The van der Waals surface area contributed by atoms with Crippen molar-refractivity contribution >= 4 is 5.91 Å². The molecule has 0 aliphatic carbocycles. The summed E-state index contributed by atoms with van der Waals surface area (Å²) >= 11 is 0. The molecular weight excluding hydrogens is 281 g/mol. The molecule has 0 radical (unpaired) electrons. The number of carbonyl (C=O) groups is 1. The number of amides is 1. The van der Waals surface area contributed by atoms with Crippen LogP contribution in [0, 0.1) is 11.7 Å². The highest BCUT2D eigenvalue weighted by Crippen LogP contribution is 2.36. The molecule has 1 saturated heterocycles. The lowest BCUT2D eigenvalue weighted by molar-refractivity contribution is -0.135. The summed E-state index contributed by atoms with van der Waals surface area (Å²) < 4.78 is 15.2. The molecule has 1 aromatic carbocycles. The second kappa shape index (κ2) is 5.91. The van der Waals surface area contributed by atoms with Crippen LogP contribution < -0.4 is 0 Å². The summed E-state index contributed by atoms with van der Waals surface area (Å²) in [5.74, 6) is 0.175. The molecule has 3 atom stereocenters. The van der Waals surface area contributed by atoms with E-state index in [0.29, 0.717) is 12.5 Å². The number of aromatic nitrogens is 2. The highest BCUT2D eigenvalue weighted by atomic mass is 19.1. The Bertz CT molecular complexity index is 656. The van der Waals surface area contributed by atoms with E-state index in [4.69, 9.17) is 0 Å². The summed E-state index contributed by atoms with van der Waals surface area (Å²) in [6, 6.07) is 7.95. The monoisotopic (exact) mass is 301 g/mol. The number of carbonyl (C=O) groups excluding carboxylic acids is 1. The van der Waals surface area contributed by atoms with E-state index >= 15 is 0 Å². The van der Waals surface area contributed by atoms with E-state index in [-0.39, 0.29) is 23.8 Å². The van der Waals surface area contributed by atoms with Gasteiger partial charge in [-0.05, 0) is 43.0 Å². The molecule has 4 nitrogen and oxygen atoms in total. The van der Waals surface area contributed by atoms with Crippen molar-refractivity contribution in [3.8, 4) is 0 Å². The van der Waals surface area contributed by atoms with E-state index in [9.17, 15) is 9.18 Å². The van der Waals surface area contributed by atoms with Gasteiger partial charge in [0, 0.05) is 18.9 Å². The third kappa shape index (κ3) is 2.75. The first-order chi connectivity index (χ1) is 10.6. The van der Waals surface area contributed by atoms with Gasteiger partial charge in [-0.1, -0.05) is 19.1 Å². The smallest absolute Gasteiger partial charge is 0.247 e. The predicted octanol–water partition coefficient (Wildman–Crippen LogP) is 3.19. The second-order valence-corrected chi connectivity index (χ2v) is 6.06. The molecule has 2 aromatic rings. The van der Waals surface area contributed by atoms with Crippen molar-refractivity contribution in [2.45, 2.75) is 32.4 Å². The molecule has 0 unspecified atom stereocenters. The van der Waals surface area contributed by atoms with Gasteiger partial charge < -0.3 is 4.90 Å². The van der Waals surface area contributed by atoms with Gasteiger partial charge in [0.1, 0.15) is 11.9 Å². The van der Waals surface area contributed by atoms with Gasteiger partial charge in [-0.3, -0.25) is 9.48 Å². The summed E-state index contributed by atoms with van der Waals surface area (Å²) in [5, 5.41) is 4.15. The Balaban J connectivity index is 1.86. The lowest BCUT2D eigenvalue weighted by Crippen LogP contribution is -2.36. The van der Waals surface area contributed by atoms with Gasteiger partial charge in [0.2, 0.25) is 5.91 Å². The molecule has 1 aliphatic rings. The number of hydrogen-bond acceptors (Lipinski definition) is 2. The van der Waals surface area contributed by atoms with E-state index in [0.717, 1.165) is 12.0 Å². The molecular formula is C17H20FN3O. The van der Waals surface area contributed by atoms with Crippen LogP contribution >= 0.6 is 0 Å². The van der Waals surface area contributed by atoms with E-state index < -0.39 is 0 Å². The first-order valence-corrected chi connectivity index (χ1v) is 7.61. The first-order valence-electron chi connectivity index (χ1n) is 7.61. The van der Waals surface area contributed by atoms with E-state index in [1.54, 1.807) is 29.2 Å². The molecule has 5 heteroatoms. The summed E-state index contributed by atoms with van der Waals surface area (Å²) in [6.07, 6.45) is 4.32. The van der Waals surface area contributed by atoms with Crippen LogP contribution in [0.1, 0.15) is 37.9 Å². The van der Waals surface area contributed by atoms with Crippen molar-refractivity contribution in [3.05, 3.63) is 54.1 Å². The van der Waals surface area contributed by atoms with Gasteiger partial charge in [-0.2, -0.15) is 5.10 Å². The molecule has 2 heterocycles. The molecule has 1 aromatic heterocycles. The van der Waals surface area contributed by atoms with Crippen LogP contribution in [0.3, 0.4) is 0 Å². The number of rotatable bonds is 3. The molecule has 1 amide bonds. The minimum atomic E-state index is -0.351. The first kappa shape index (κ1) is 14.8. The SMILES string of the molecule is C[C@@H]1C[C@@H](c2cccc(F)c2)N(C(=O)[C@@H](C)n2cccn2)C1. The molecule has 1 aliphatic heterocycles. The fraction of sp³-hybridized carbons (Fsp3) is 0.412. The number of benzene rings is 1. The maximum Gasteiger partial charge on any atom is 0.247 e. The van der Waals surface area contributed by atoms with Gasteiger partial charge >= 0.3 is 0 Å². The Morgan fingerprint density at radius 3 is 2.91 bits per heavy atom. The van der Waals surface area contributed by atoms with Gasteiger partial charge in [0.15, 0.2) is 0 Å². The van der Waals surface area contributed by atoms with E-state index in [2.05, 4.69) is 12.0 Å². The Labute approximate surface area is 129 Å². The third-order valence-electron chi connectivity index (χ3n) is 4.31. The quantitative estimate of drug-likeness (QED) is 0.873. The van der Waals surface area contributed by atoms with E-state index in [1.165, 1.54) is 12.1 Å². The van der Waals surface area contributed by atoms with Crippen LogP contribution in [0.2, 0.25) is 0 Å². The molecule has 1 fully saturated rings. The minimum absolute atomic E-state index is 0.0299. The fourth-order valence-electron chi connectivity index (χ4n) is 3.18. The van der Waals surface area contributed by atoms with Crippen LogP contribution in [0.15, 0.2) is 42.7 Å². The normalized spacial score (nSPS) is 22.8. The Hall–Kier alpha value is -2.17.